The van der Waals surface area contributed by atoms with Gasteiger partial charge in [-0.15, -0.1) is 6.58 Å². The van der Waals surface area contributed by atoms with Gasteiger partial charge < -0.3 is 5.11 Å². The molecule has 0 radical (unpaired) electrons. The Morgan fingerprint density at radius 1 is 1.45 bits per heavy atom. The SMILES string of the molecule is C=CCC1(CO)CCCN(S(=O)(=O)c2ccccc2C#N)C1. The molecule has 22 heavy (non-hydrogen) atoms. The summed E-state index contributed by atoms with van der Waals surface area (Å²) in [5.74, 6) is 0. The Labute approximate surface area is 131 Å². The van der Waals surface area contributed by atoms with Gasteiger partial charge in [-0.05, 0) is 31.4 Å². The van der Waals surface area contributed by atoms with Gasteiger partial charge in [0.15, 0.2) is 0 Å². The third kappa shape index (κ3) is 3.07. The summed E-state index contributed by atoms with van der Waals surface area (Å²) in [4.78, 5) is 0.0323. The molecular weight excluding hydrogens is 300 g/mol. The van der Waals surface area contributed by atoms with Crippen LogP contribution in [0.1, 0.15) is 24.8 Å². The molecule has 118 valence electrons. The predicted molar refractivity (Wildman–Crippen MR) is 83.5 cm³/mol. The van der Waals surface area contributed by atoms with Crippen molar-refractivity contribution in [2.45, 2.75) is 24.2 Å². The van der Waals surface area contributed by atoms with Crippen LogP contribution < -0.4 is 0 Å². The molecule has 2 rings (SSSR count). The second-order valence-electron chi connectivity index (χ2n) is 5.70. The Hall–Kier alpha value is -1.68. The molecule has 0 aliphatic carbocycles. The van der Waals surface area contributed by atoms with Crippen LogP contribution in [0.2, 0.25) is 0 Å². The minimum absolute atomic E-state index is 0.0323. The van der Waals surface area contributed by atoms with Gasteiger partial charge in [0.1, 0.15) is 6.07 Å². The third-order valence-electron chi connectivity index (χ3n) is 4.16. The van der Waals surface area contributed by atoms with Crippen LogP contribution in [0.25, 0.3) is 0 Å². The molecule has 5 nitrogen and oxygen atoms in total. The van der Waals surface area contributed by atoms with E-state index in [0.29, 0.717) is 19.4 Å². The van der Waals surface area contributed by atoms with E-state index in [1.54, 1.807) is 18.2 Å². The highest BCUT2D eigenvalue weighted by molar-refractivity contribution is 7.89. The van der Waals surface area contributed by atoms with Crippen molar-refractivity contribution in [2.24, 2.45) is 5.41 Å². The maximum atomic E-state index is 12.8. The lowest BCUT2D eigenvalue weighted by molar-refractivity contribution is 0.0669. The number of nitrogens with zero attached hydrogens (tertiary/aromatic N) is 2. The molecular formula is C16H20N2O3S. The first kappa shape index (κ1) is 16.7. The molecule has 1 unspecified atom stereocenters. The Kier molecular flexibility index (Phi) is 5.01. The van der Waals surface area contributed by atoms with Gasteiger partial charge in [0, 0.05) is 18.5 Å². The number of rotatable bonds is 5. The van der Waals surface area contributed by atoms with Gasteiger partial charge in [-0.2, -0.15) is 9.57 Å². The van der Waals surface area contributed by atoms with Gasteiger partial charge in [0.25, 0.3) is 0 Å². The van der Waals surface area contributed by atoms with Crippen molar-refractivity contribution in [3.63, 3.8) is 0 Å². The molecule has 1 aliphatic rings. The lowest BCUT2D eigenvalue weighted by Crippen LogP contribution is -2.47. The highest BCUT2D eigenvalue weighted by Crippen LogP contribution is 2.36. The van der Waals surface area contributed by atoms with Gasteiger partial charge in [-0.25, -0.2) is 8.42 Å². The van der Waals surface area contributed by atoms with Crippen LogP contribution in [0.4, 0.5) is 0 Å². The van der Waals surface area contributed by atoms with Gasteiger partial charge in [0.05, 0.1) is 17.1 Å². The molecule has 1 aromatic carbocycles. The van der Waals surface area contributed by atoms with Crippen LogP contribution in [0.5, 0.6) is 0 Å². The standard InChI is InChI=1S/C16H20N2O3S/c1-2-8-16(13-19)9-5-10-18(12-16)22(20,21)15-7-4-3-6-14(15)11-17/h2-4,6-7,19H,1,5,8-10,12-13H2. The average molecular weight is 320 g/mol. The number of piperidine rings is 1. The smallest absolute Gasteiger partial charge is 0.244 e. The van der Waals surface area contributed by atoms with Gasteiger partial charge >= 0.3 is 0 Å². The van der Waals surface area contributed by atoms with E-state index in [9.17, 15) is 13.5 Å². The predicted octanol–water partition coefficient (Wildman–Crippen LogP) is 1.90. The summed E-state index contributed by atoms with van der Waals surface area (Å²) in [6, 6.07) is 8.14. The van der Waals surface area contributed by atoms with Crippen LogP contribution in [0, 0.1) is 16.7 Å². The number of hydrogen-bond donors (Lipinski definition) is 1. The molecule has 1 atom stereocenters. The molecule has 0 aromatic heterocycles. The number of benzene rings is 1. The fraction of sp³-hybridized carbons (Fsp3) is 0.438. The van der Waals surface area contributed by atoms with Gasteiger partial charge in [0.2, 0.25) is 10.0 Å². The van der Waals surface area contributed by atoms with Gasteiger partial charge in [-0.3, -0.25) is 0 Å². The van der Waals surface area contributed by atoms with Crippen LogP contribution in [0.3, 0.4) is 0 Å². The van der Waals surface area contributed by atoms with E-state index in [-0.39, 0.29) is 23.6 Å². The minimum atomic E-state index is -3.74. The van der Waals surface area contributed by atoms with Gasteiger partial charge in [-0.1, -0.05) is 18.2 Å². The normalized spacial score (nSPS) is 22.9. The Bertz CT molecular complexity index is 694. The number of aliphatic hydroxyl groups is 1. The molecule has 1 N–H and O–H groups in total. The first-order valence-corrected chi connectivity index (χ1v) is 8.64. The molecule has 0 spiro atoms. The van der Waals surface area contributed by atoms with E-state index in [2.05, 4.69) is 6.58 Å². The minimum Gasteiger partial charge on any atom is -0.396 e. The molecule has 0 bridgehead atoms. The Balaban J connectivity index is 2.37. The molecule has 6 heteroatoms. The van der Waals surface area contributed by atoms with Crippen molar-refractivity contribution in [2.75, 3.05) is 19.7 Å². The van der Waals surface area contributed by atoms with Crippen molar-refractivity contribution in [3.8, 4) is 6.07 Å². The number of hydrogen-bond acceptors (Lipinski definition) is 4. The topological polar surface area (TPSA) is 81.4 Å². The summed E-state index contributed by atoms with van der Waals surface area (Å²) in [6.07, 6.45) is 3.73. The lowest BCUT2D eigenvalue weighted by Gasteiger charge is -2.40. The highest BCUT2D eigenvalue weighted by atomic mass is 32.2. The van der Waals surface area contributed by atoms with Crippen molar-refractivity contribution in [3.05, 3.63) is 42.5 Å². The zero-order valence-electron chi connectivity index (χ0n) is 12.4. The fourth-order valence-corrected chi connectivity index (χ4v) is 4.69. The molecule has 1 aliphatic heterocycles. The molecule has 1 saturated heterocycles. The molecule has 1 heterocycles. The number of nitriles is 1. The fourth-order valence-electron chi connectivity index (χ4n) is 2.96. The van der Waals surface area contributed by atoms with Crippen molar-refractivity contribution >= 4 is 10.0 Å². The maximum absolute atomic E-state index is 12.8. The molecule has 0 amide bonds. The second kappa shape index (κ2) is 6.61. The summed E-state index contributed by atoms with van der Waals surface area (Å²) in [5, 5.41) is 18.8. The average Bonchev–Trinajstić information content (AvgIpc) is 2.55. The summed E-state index contributed by atoms with van der Waals surface area (Å²) in [6.45, 7) is 4.27. The summed E-state index contributed by atoms with van der Waals surface area (Å²) in [7, 11) is -3.74. The van der Waals surface area contributed by atoms with E-state index in [1.165, 1.54) is 16.4 Å². The summed E-state index contributed by atoms with van der Waals surface area (Å²) < 4.78 is 27.1. The van der Waals surface area contributed by atoms with E-state index in [4.69, 9.17) is 5.26 Å². The number of aliphatic hydroxyl groups excluding tert-OH is 1. The monoisotopic (exact) mass is 320 g/mol. The summed E-state index contributed by atoms with van der Waals surface area (Å²) >= 11 is 0. The quantitative estimate of drug-likeness (QED) is 0.840. The number of sulfonamides is 1. The van der Waals surface area contributed by atoms with E-state index < -0.39 is 15.4 Å². The first-order chi connectivity index (χ1) is 10.5. The first-order valence-electron chi connectivity index (χ1n) is 7.20. The van der Waals surface area contributed by atoms with Crippen LogP contribution in [-0.2, 0) is 10.0 Å². The van der Waals surface area contributed by atoms with Crippen LogP contribution >= 0.6 is 0 Å². The molecule has 1 fully saturated rings. The van der Waals surface area contributed by atoms with Crippen molar-refractivity contribution < 1.29 is 13.5 Å². The molecule has 0 saturated carbocycles. The lowest BCUT2D eigenvalue weighted by atomic mass is 9.79. The zero-order chi connectivity index (χ0) is 16.2. The van der Waals surface area contributed by atoms with Crippen molar-refractivity contribution in [1.29, 1.82) is 5.26 Å². The Morgan fingerprint density at radius 2 is 2.18 bits per heavy atom. The third-order valence-corrected chi connectivity index (χ3v) is 6.07. The van der Waals surface area contributed by atoms with E-state index in [0.717, 1.165) is 6.42 Å². The highest BCUT2D eigenvalue weighted by Gasteiger charge is 2.39. The Morgan fingerprint density at radius 3 is 2.82 bits per heavy atom. The van der Waals surface area contributed by atoms with Crippen LogP contribution in [-0.4, -0.2) is 37.5 Å². The molecule has 1 aromatic rings. The largest absolute Gasteiger partial charge is 0.396 e. The van der Waals surface area contributed by atoms with Crippen LogP contribution in [0.15, 0.2) is 41.8 Å². The number of allylic oxidation sites excluding steroid dienone is 1. The van der Waals surface area contributed by atoms with E-state index in [1.807, 2.05) is 6.07 Å². The van der Waals surface area contributed by atoms with Crippen molar-refractivity contribution in [1.82, 2.24) is 4.31 Å². The zero-order valence-corrected chi connectivity index (χ0v) is 13.2. The second-order valence-corrected chi connectivity index (χ2v) is 7.61. The summed E-state index contributed by atoms with van der Waals surface area (Å²) in [5.41, 5.74) is -0.333. The van der Waals surface area contributed by atoms with E-state index >= 15 is 0 Å². The maximum Gasteiger partial charge on any atom is 0.244 e.